The van der Waals surface area contributed by atoms with E-state index in [-0.39, 0.29) is 5.69 Å². The molecule has 0 atom stereocenters. The van der Waals surface area contributed by atoms with E-state index in [2.05, 4.69) is 9.98 Å². The van der Waals surface area contributed by atoms with E-state index >= 15 is 0 Å². The second-order valence-electron chi connectivity index (χ2n) is 4.86. The smallest absolute Gasteiger partial charge is 0.253 e. The Hall–Kier alpha value is -1.91. The maximum atomic E-state index is 12.8. The van der Waals surface area contributed by atoms with Crippen LogP contribution in [-0.4, -0.2) is 14.0 Å². The molecule has 106 valence electrons. The maximum Gasteiger partial charge on any atom is 0.337 e. The molecule has 2 aromatic rings. The molecule has 2 heterocycles. The third-order valence-corrected chi connectivity index (χ3v) is 3.43. The fourth-order valence-electron chi connectivity index (χ4n) is 2.40. The first-order valence-electron chi connectivity index (χ1n) is 6.92. The molecule has 10 radical (unpaired) electrons. The summed E-state index contributed by atoms with van der Waals surface area (Å²) in [7, 11) is 0. The van der Waals surface area contributed by atoms with Gasteiger partial charge in [0.25, 0.3) is 0 Å². The molecule has 0 saturated heterocycles. The molecule has 0 spiro atoms. The number of aromatic nitrogens is 3. The first-order valence-corrected chi connectivity index (χ1v) is 6.92. The highest BCUT2D eigenvalue weighted by Gasteiger charge is 2.24. The summed E-state index contributed by atoms with van der Waals surface area (Å²) in [5.74, 6) is 0. The maximum absolute atomic E-state index is 12.8. The normalized spacial score (nSPS) is 21.2. The Labute approximate surface area is 129 Å². The third kappa shape index (κ3) is 2.38. The molecule has 5 nitrogen and oxygen atoms in total. The summed E-state index contributed by atoms with van der Waals surface area (Å²) >= 11 is 0. The average Bonchev–Trinajstić information content (AvgIpc) is 3.21. The molecule has 0 unspecified atom stereocenters. The predicted molar refractivity (Wildman–Crippen MR) is 81.3 cm³/mol. The highest BCUT2D eigenvalue weighted by atomic mass is 16.1. The molecule has 4 rings (SSSR count). The Balaban J connectivity index is 1.95. The zero-order chi connectivity index (χ0) is 14.9. The van der Waals surface area contributed by atoms with Crippen LogP contribution in [0.2, 0.25) is 0 Å². The molecule has 0 aliphatic heterocycles. The van der Waals surface area contributed by atoms with Crippen molar-refractivity contribution in [3.63, 3.8) is 0 Å². The molecule has 0 N–H and O–H groups in total. The lowest BCUT2D eigenvalue weighted by Crippen LogP contribution is -2.42. The van der Waals surface area contributed by atoms with Gasteiger partial charge in [0.1, 0.15) is 5.65 Å². The summed E-state index contributed by atoms with van der Waals surface area (Å²) in [6.45, 7) is 0. The summed E-state index contributed by atoms with van der Waals surface area (Å²) in [4.78, 5) is 21.8. The number of rotatable bonds is 2. The van der Waals surface area contributed by atoms with Crippen LogP contribution in [0, 0.1) is 63.5 Å². The van der Waals surface area contributed by atoms with Crippen LogP contribution in [0.5, 0.6) is 0 Å². The first kappa shape index (κ1) is 13.7. The van der Waals surface area contributed by atoms with E-state index in [0.29, 0.717) is 11.3 Å². The quantitative estimate of drug-likeness (QED) is 0.827. The Morgan fingerprint density at radius 1 is 0.955 bits per heavy atom. The van der Waals surface area contributed by atoms with Crippen molar-refractivity contribution in [2.24, 2.45) is 4.99 Å². The highest BCUT2D eigenvalue weighted by Crippen LogP contribution is 2.24. The lowest BCUT2D eigenvalue weighted by molar-refractivity contribution is 0.684. The fraction of sp³-hybridized carbons (Fsp3) is 0. The summed E-state index contributed by atoms with van der Waals surface area (Å²) in [5, 5.41) is 0. The van der Waals surface area contributed by atoms with E-state index in [1.807, 2.05) is 57.4 Å². The largest absolute Gasteiger partial charge is 0.337 e. The van der Waals surface area contributed by atoms with Gasteiger partial charge in [-0.25, -0.2) is 9.79 Å². The van der Waals surface area contributed by atoms with Crippen LogP contribution in [-0.2, 0) is 0 Å². The van der Waals surface area contributed by atoms with Crippen LogP contribution >= 0.6 is 0 Å². The Bertz CT molecular complexity index is 792. The van der Waals surface area contributed by atoms with Crippen LogP contribution < -0.4 is 11.3 Å². The minimum atomic E-state index is -0.192. The molecule has 0 amide bonds. The minimum Gasteiger partial charge on any atom is -0.253 e. The zero-order valence-corrected chi connectivity index (χ0v) is 11.6. The number of hydrogen-bond acceptors (Lipinski definition) is 3. The molecule has 2 saturated carbocycles. The lowest BCUT2D eigenvalue weighted by atomic mass is 10.2. The van der Waals surface area contributed by atoms with Gasteiger partial charge >= 0.3 is 5.69 Å². The van der Waals surface area contributed by atoms with E-state index in [4.69, 9.17) is 0 Å². The Kier molecular flexibility index (Phi) is 3.56. The number of pyridine rings is 1. The monoisotopic (exact) mass is 288 g/mol. The topological polar surface area (TPSA) is 51.7 Å². The molecule has 2 aliphatic rings. The molecule has 2 fully saturated rings. The fourth-order valence-corrected chi connectivity index (χ4v) is 2.40. The molecular formula is C17H12N4O. The van der Waals surface area contributed by atoms with Crippen molar-refractivity contribution in [3.05, 3.63) is 104 Å². The Morgan fingerprint density at radius 3 is 2.45 bits per heavy atom. The molecule has 0 aromatic carbocycles. The number of fused-ring (bicyclic) bond motifs is 1. The van der Waals surface area contributed by atoms with Crippen LogP contribution in [0.15, 0.2) is 34.2 Å². The van der Waals surface area contributed by atoms with Crippen molar-refractivity contribution in [1.29, 1.82) is 0 Å². The average molecular weight is 288 g/mol. The van der Waals surface area contributed by atoms with Gasteiger partial charge in [-0.2, -0.15) is 4.98 Å². The van der Waals surface area contributed by atoms with E-state index in [1.165, 1.54) is 8.97 Å². The van der Waals surface area contributed by atoms with Crippen LogP contribution in [0.4, 0.5) is 0 Å². The molecule has 5 heteroatoms. The van der Waals surface area contributed by atoms with Crippen LogP contribution in [0.3, 0.4) is 0 Å². The van der Waals surface area contributed by atoms with Crippen molar-refractivity contribution in [1.82, 2.24) is 14.0 Å². The van der Waals surface area contributed by atoms with Gasteiger partial charge < -0.3 is 0 Å². The predicted octanol–water partition coefficient (Wildman–Crippen LogP) is 0.970. The van der Waals surface area contributed by atoms with Gasteiger partial charge in [-0.05, 0) is 63.5 Å². The SMILES string of the molecule is O=c1n([C]2[CH][CH][CH][CH]2)c(=N[C]2[CH][CH][CH][CH]2)nc2ccccn12. The van der Waals surface area contributed by atoms with Gasteiger partial charge in [0.05, 0.1) is 12.1 Å². The van der Waals surface area contributed by atoms with Crippen molar-refractivity contribution in [2.75, 3.05) is 0 Å². The second-order valence-corrected chi connectivity index (χ2v) is 4.86. The number of hydrogen-bond donors (Lipinski definition) is 0. The van der Waals surface area contributed by atoms with Gasteiger partial charge in [0.2, 0.25) is 5.62 Å². The zero-order valence-electron chi connectivity index (χ0n) is 11.6. The summed E-state index contributed by atoms with van der Waals surface area (Å²) in [6, 6.07) is 6.97. The van der Waals surface area contributed by atoms with Gasteiger partial charge in [0, 0.05) is 6.20 Å². The molecule has 2 aliphatic carbocycles. The van der Waals surface area contributed by atoms with Gasteiger partial charge in [-0.15, -0.1) is 0 Å². The second kappa shape index (κ2) is 5.71. The van der Waals surface area contributed by atoms with Crippen molar-refractivity contribution < 1.29 is 0 Å². The van der Waals surface area contributed by atoms with E-state index in [1.54, 1.807) is 18.3 Å². The van der Waals surface area contributed by atoms with Crippen molar-refractivity contribution >= 4 is 5.65 Å². The van der Waals surface area contributed by atoms with Crippen LogP contribution in [0.1, 0.15) is 0 Å². The molecule has 0 bridgehead atoms. The summed E-state index contributed by atoms with van der Waals surface area (Å²) in [6.07, 6.45) is 16.8. The molecule has 2 aromatic heterocycles. The van der Waals surface area contributed by atoms with Crippen LogP contribution in [0.25, 0.3) is 5.65 Å². The van der Waals surface area contributed by atoms with Gasteiger partial charge in [-0.3, -0.25) is 8.97 Å². The molecular weight excluding hydrogens is 276 g/mol. The third-order valence-electron chi connectivity index (χ3n) is 3.43. The standard InChI is InChI=1S/C17H12N4O/c22-17-20-12-6-5-11-15(20)19-16(18-13-7-1-2-8-13)21(17)14-9-3-4-10-14/h1-12H. The Morgan fingerprint density at radius 2 is 1.68 bits per heavy atom. The van der Waals surface area contributed by atoms with Crippen molar-refractivity contribution in [2.45, 2.75) is 0 Å². The summed E-state index contributed by atoms with van der Waals surface area (Å²) in [5.41, 5.74) is 0.747. The van der Waals surface area contributed by atoms with E-state index < -0.39 is 0 Å². The van der Waals surface area contributed by atoms with Gasteiger partial charge in [-0.1, -0.05) is 6.07 Å². The molecule has 22 heavy (non-hydrogen) atoms. The van der Waals surface area contributed by atoms with Crippen molar-refractivity contribution in [3.8, 4) is 0 Å². The van der Waals surface area contributed by atoms with Gasteiger partial charge in [0.15, 0.2) is 0 Å². The summed E-state index contributed by atoms with van der Waals surface area (Å²) < 4.78 is 3.02. The number of nitrogens with zero attached hydrogens (tertiary/aromatic N) is 4. The first-order chi connectivity index (χ1) is 10.8. The van der Waals surface area contributed by atoms with E-state index in [9.17, 15) is 4.79 Å². The minimum absolute atomic E-state index is 0.192. The highest BCUT2D eigenvalue weighted by molar-refractivity contribution is 5.40. The van der Waals surface area contributed by atoms with E-state index in [0.717, 1.165) is 12.1 Å². The lowest BCUT2D eigenvalue weighted by Gasteiger charge is -2.14.